The zero-order chi connectivity index (χ0) is 14.3. The lowest BCUT2D eigenvalue weighted by Crippen LogP contribution is -2.27. The average Bonchev–Trinajstić information content (AvgIpc) is 2.24. The van der Waals surface area contributed by atoms with Crippen LogP contribution in [0.5, 0.6) is 0 Å². The number of ether oxygens (including phenoxy) is 1. The number of carbonyl (C=O) groups excluding carboxylic acids is 2. The van der Waals surface area contributed by atoms with Crippen molar-refractivity contribution in [3.8, 4) is 0 Å². The van der Waals surface area contributed by atoms with E-state index in [1.165, 1.54) is 0 Å². The lowest BCUT2D eigenvalue weighted by molar-refractivity contribution is -0.142. The van der Waals surface area contributed by atoms with Crippen LogP contribution in [0.3, 0.4) is 0 Å². The van der Waals surface area contributed by atoms with Crippen molar-refractivity contribution in [2.24, 2.45) is 11.8 Å². The number of amides is 1. The minimum atomic E-state index is -0.261. The van der Waals surface area contributed by atoms with E-state index in [9.17, 15) is 9.59 Å². The molecule has 0 aliphatic carbocycles. The van der Waals surface area contributed by atoms with Crippen LogP contribution in [-0.2, 0) is 14.3 Å². The van der Waals surface area contributed by atoms with Crippen molar-refractivity contribution in [1.82, 2.24) is 5.32 Å². The van der Waals surface area contributed by atoms with Gasteiger partial charge in [-0.15, -0.1) is 0 Å². The molecule has 0 spiro atoms. The van der Waals surface area contributed by atoms with Gasteiger partial charge in [-0.3, -0.25) is 9.59 Å². The number of nitrogens with one attached hydrogen (secondary N) is 1. The quantitative estimate of drug-likeness (QED) is 0.585. The molecule has 0 rings (SSSR count). The first-order valence-corrected chi connectivity index (χ1v) is 6.08. The monoisotopic (exact) mass is 253 g/mol. The Hall–Kier alpha value is -1.58. The standard InChI is InChI=1S/C14H23NO3/c1-9(2)14(17)18-12(6)8-7-11(5)13(16)15-10(3)4/h8-9,11H,3,7H2,1-2,4-6H3,(H,15,16)/b12-8-. The fourth-order valence-corrected chi connectivity index (χ4v) is 1.10. The number of hydrogen-bond acceptors (Lipinski definition) is 3. The first kappa shape index (κ1) is 16.4. The zero-order valence-electron chi connectivity index (χ0n) is 11.9. The van der Waals surface area contributed by atoms with Gasteiger partial charge in [-0.1, -0.05) is 27.4 Å². The van der Waals surface area contributed by atoms with Crippen molar-refractivity contribution in [3.05, 3.63) is 24.1 Å². The molecule has 1 atom stereocenters. The average molecular weight is 253 g/mol. The van der Waals surface area contributed by atoms with Crippen LogP contribution >= 0.6 is 0 Å². The number of hydrogen-bond donors (Lipinski definition) is 1. The van der Waals surface area contributed by atoms with E-state index in [0.717, 1.165) is 0 Å². The molecule has 18 heavy (non-hydrogen) atoms. The van der Waals surface area contributed by atoms with E-state index < -0.39 is 0 Å². The molecule has 0 aliphatic rings. The second kappa shape index (κ2) is 7.69. The molecule has 1 unspecified atom stereocenters. The van der Waals surface area contributed by atoms with Gasteiger partial charge in [0.15, 0.2) is 0 Å². The van der Waals surface area contributed by atoms with Gasteiger partial charge in [0, 0.05) is 11.6 Å². The van der Waals surface area contributed by atoms with Crippen LogP contribution < -0.4 is 5.32 Å². The third kappa shape index (κ3) is 6.89. The van der Waals surface area contributed by atoms with Crippen LogP contribution in [0.2, 0.25) is 0 Å². The normalized spacial score (nSPS) is 13.1. The molecule has 0 aliphatic heterocycles. The molecule has 0 aromatic rings. The van der Waals surface area contributed by atoms with Crippen LogP contribution in [0.15, 0.2) is 24.1 Å². The van der Waals surface area contributed by atoms with Gasteiger partial charge in [-0.25, -0.2) is 0 Å². The Kier molecular flexibility index (Phi) is 7.01. The van der Waals surface area contributed by atoms with Gasteiger partial charge in [0.2, 0.25) is 5.91 Å². The first-order chi connectivity index (χ1) is 8.23. The van der Waals surface area contributed by atoms with E-state index in [-0.39, 0.29) is 23.7 Å². The van der Waals surface area contributed by atoms with Crippen LogP contribution in [-0.4, -0.2) is 11.9 Å². The van der Waals surface area contributed by atoms with Gasteiger partial charge in [-0.2, -0.15) is 0 Å². The second-order valence-electron chi connectivity index (χ2n) is 4.80. The van der Waals surface area contributed by atoms with Crippen molar-refractivity contribution in [2.45, 2.75) is 41.0 Å². The summed E-state index contributed by atoms with van der Waals surface area (Å²) in [5, 5.41) is 2.65. The molecule has 0 aromatic carbocycles. The van der Waals surface area contributed by atoms with Gasteiger partial charge in [0.05, 0.1) is 5.92 Å². The van der Waals surface area contributed by atoms with E-state index in [1.54, 1.807) is 33.8 Å². The maximum absolute atomic E-state index is 11.6. The van der Waals surface area contributed by atoms with E-state index in [4.69, 9.17) is 4.74 Å². The Morgan fingerprint density at radius 1 is 1.28 bits per heavy atom. The third-order valence-corrected chi connectivity index (χ3v) is 2.28. The van der Waals surface area contributed by atoms with Crippen LogP contribution in [0.1, 0.15) is 41.0 Å². The van der Waals surface area contributed by atoms with Crippen molar-refractivity contribution in [1.29, 1.82) is 0 Å². The van der Waals surface area contributed by atoms with Crippen molar-refractivity contribution in [3.63, 3.8) is 0 Å². The van der Waals surface area contributed by atoms with Gasteiger partial charge < -0.3 is 10.1 Å². The van der Waals surface area contributed by atoms with Crippen LogP contribution in [0.25, 0.3) is 0 Å². The Bertz CT molecular complexity index is 356. The van der Waals surface area contributed by atoms with Gasteiger partial charge in [-0.05, 0) is 26.3 Å². The summed E-state index contributed by atoms with van der Waals surface area (Å²) >= 11 is 0. The Morgan fingerprint density at radius 2 is 1.83 bits per heavy atom. The van der Waals surface area contributed by atoms with Gasteiger partial charge >= 0.3 is 5.97 Å². The Morgan fingerprint density at radius 3 is 2.28 bits per heavy atom. The summed E-state index contributed by atoms with van der Waals surface area (Å²) in [6.45, 7) is 12.4. The van der Waals surface area contributed by atoms with Crippen LogP contribution in [0, 0.1) is 11.8 Å². The molecule has 4 nitrogen and oxygen atoms in total. The molecular formula is C14H23NO3. The summed E-state index contributed by atoms with van der Waals surface area (Å²) in [4.78, 5) is 22.9. The number of carbonyl (C=O) groups is 2. The topological polar surface area (TPSA) is 55.4 Å². The highest BCUT2D eigenvalue weighted by Crippen LogP contribution is 2.09. The highest BCUT2D eigenvalue weighted by molar-refractivity contribution is 5.80. The number of rotatable bonds is 6. The SMILES string of the molecule is C=C(C)NC(=O)C(C)C/C=C(/C)OC(=O)C(C)C. The van der Waals surface area contributed by atoms with Crippen LogP contribution in [0.4, 0.5) is 0 Å². The van der Waals surface area contributed by atoms with E-state index in [2.05, 4.69) is 11.9 Å². The molecule has 0 bridgehead atoms. The summed E-state index contributed by atoms with van der Waals surface area (Å²) in [6.07, 6.45) is 2.28. The summed E-state index contributed by atoms with van der Waals surface area (Å²) in [5.41, 5.74) is 0.624. The molecule has 1 amide bonds. The molecule has 102 valence electrons. The summed E-state index contributed by atoms with van der Waals surface area (Å²) in [5.74, 6) is -0.153. The van der Waals surface area contributed by atoms with Crippen molar-refractivity contribution < 1.29 is 14.3 Å². The molecule has 0 fully saturated rings. The van der Waals surface area contributed by atoms with E-state index in [1.807, 2.05) is 6.92 Å². The maximum Gasteiger partial charge on any atom is 0.313 e. The lowest BCUT2D eigenvalue weighted by Gasteiger charge is -2.11. The number of esters is 1. The number of allylic oxidation sites excluding steroid dienone is 3. The van der Waals surface area contributed by atoms with E-state index >= 15 is 0 Å². The van der Waals surface area contributed by atoms with Crippen molar-refractivity contribution >= 4 is 11.9 Å². The summed E-state index contributed by atoms with van der Waals surface area (Å²) in [7, 11) is 0. The van der Waals surface area contributed by atoms with Gasteiger partial charge in [0.1, 0.15) is 5.76 Å². The smallest absolute Gasteiger partial charge is 0.313 e. The lowest BCUT2D eigenvalue weighted by atomic mass is 10.1. The highest BCUT2D eigenvalue weighted by Gasteiger charge is 2.12. The fraction of sp³-hybridized carbons (Fsp3) is 0.571. The molecule has 0 radical (unpaired) electrons. The largest absolute Gasteiger partial charge is 0.432 e. The Labute approximate surface area is 109 Å². The summed E-state index contributed by atoms with van der Waals surface area (Å²) in [6, 6.07) is 0. The predicted molar refractivity (Wildman–Crippen MR) is 71.4 cm³/mol. The van der Waals surface area contributed by atoms with E-state index in [0.29, 0.717) is 17.9 Å². The minimum absolute atomic E-state index is 0.0817. The fourth-order valence-electron chi connectivity index (χ4n) is 1.10. The van der Waals surface area contributed by atoms with Gasteiger partial charge in [0.25, 0.3) is 0 Å². The first-order valence-electron chi connectivity index (χ1n) is 6.08. The summed E-state index contributed by atoms with van der Waals surface area (Å²) < 4.78 is 5.10. The molecule has 0 aromatic heterocycles. The molecule has 1 N–H and O–H groups in total. The third-order valence-electron chi connectivity index (χ3n) is 2.28. The zero-order valence-corrected chi connectivity index (χ0v) is 11.9. The molecule has 0 saturated heterocycles. The molecular weight excluding hydrogens is 230 g/mol. The molecule has 4 heteroatoms. The second-order valence-corrected chi connectivity index (χ2v) is 4.80. The highest BCUT2D eigenvalue weighted by atomic mass is 16.5. The molecule has 0 saturated carbocycles. The molecule has 0 heterocycles. The maximum atomic E-state index is 11.6. The predicted octanol–water partition coefficient (Wildman–Crippen LogP) is 2.77. The minimum Gasteiger partial charge on any atom is -0.432 e. The Balaban J connectivity index is 4.24. The van der Waals surface area contributed by atoms with Crippen molar-refractivity contribution in [2.75, 3.05) is 0 Å².